The molecule has 41 heavy (non-hydrogen) atoms. The fourth-order valence-corrected chi connectivity index (χ4v) is 5.23. The van der Waals surface area contributed by atoms with Crippen LogP contribution >= 0.6 is 0 Å². The van der Waals surface area contributed by atoms with E-state index < -0.39 is 40.7 Å². The van der Waals surface area contributed by atoms with Crippen LogP contribution in [0.25, 0.3) is 0 Å². The lowest BCUT2D eigenvalue weighted by Gasteiger charge is -2.27. The SMILES string of the molecule is O=Cc1c(O)ccc(OC(=O)C2CCC(OC(=O)c3ccc(CCCCCCOC4CCCCO4)cc3)CC2)c1F. The van der Waals surface area contributed by atoms with Crippen LogP contribution in [0, 0.1) is 11.7 Å². The Morgan fingerprint density at radius 1 is 0.951 bits per heavy atom. The minimum Gasteiger partial charge on any atom is -0.507 e. The summed E-state index contributed by atoms with van der Waals surface area (Å²) in [5, 5.41) is 9.54. The standard InChI is InChI=1S/C32H39FO8/c33-30-26(21-34)27(35)17-18-28(30)41-32(37)24-13-15-25(16-14-24)40-31(36)23-11-9-22(10-12-23)7-3-1-2-5-19-38-29-8-4-6-20-39-29/h9-12,17-18,21,24-25,29,35H,1-8,13-16,19-20H2. The number of carbonyl (C=O) groups excluding carboxylic acids is 3. The van der Waals surface area contributed by atoms with Crippen molar-refractivity contribution < 1.29 is 42.8 Å². The van der Waals surface area contributed by atoms with Crippen molar-refractivity contribution in [3.05, 3.63) is 58.9 Å². The van der Waals surface area contributed by atoms with E-state index in [0.29, 0.717) is 31.2 Å². The number of hydrogen-bond donors (Lipinski definition) is 1. The molecule has 9 heteroatoms. The van der Waals surface area contributed by atoms with Crippen LogP contribution < -0.4 is 4.74 Å². The van der Waals surface area contributed by atoms with Crippen molar-refractivity contribution in [2.24, 2.45) is 5.92 Å². The van der Waals surface area contributed by atoms with Crippen LogP contribution in [0.1, 0.15) is 96.9 Å². The van der Waals surface area contributed by atoms with E-state index >= 15 is 0 Å². The van der Waals surface area contributed by atoms with E-state index in [1.807, 2.05) is 12.1 Å². The van der Waals surface area contributed by atoms with E-state index in [-0.39, 0.29) is 18.7 Å². The number of benzene rings is 2. The lowest BCUT2D eigenvalue weighted by Crippen LogP contribution is -2.30. The number of ether oxygens (including phenoxy) is 4. The lowest BCUT2D eigenvalue weighted by atomic mass is 9.87. The predicted molar refractivity (Wildman–Crippen MR) is 148 cm³/mol. The zero-order valence-corrected chi connectivity index (χ0v) is 23.4. The van der Waals surface area contributed by atoms with Crippen LogP contribution in [-0.4, -0.2) is 48.9 Å². The summed E-state index contributed by atoms with van der Waals surface area (Å²) in [6.07, 6.45) is 10.3. The summed E-state index contributed by atoms with van der Waals surface area (Å²) in [6, 6.07) is 9.72. The van der Waals surface area contributed by atoms with E-state index in [0.717, 1.165) is 70.3 Å². The molecule has 1 unspecified atom stereocenters. The molecule has 1 aliphatic carbocycles. The van der Waals surface area contributed by atoms with Crippen molar-refractivity contribution in [1.82, 2.24) is 0 Å². The quantitative estimate of drug-likeness (QED) is 0.129. The van der Waals surface area contributed by atoms with Gasteiger partial charge in [-0.05, 0) is 94.0 Å². The van der Waals surface area contributed by atoms with E-state index in [2.05, 4.69) is 0 Å². The predicted octanol–water partition coefficient (Wildman–Crippen LogP) is 6.31. The first-order chi connectivity index (χ1) is 19.9. The highest BCUT2D eigenvalue weighted by Crippen LogP contribution is 2.31. The number of halogens is 1. The molecule has 1 aliphatic heterocycles. The number of phenols is 1. The third-order valence-electron chi connectivity index (χ3n) is 7.72. The van der Waals surface area contributed by atoms with Gasteiger partial charge in [0.1, 0.15) is 11.9 Å². The molecule has 1 saturated heterocycles. The summed E-state index contributed by atoms with van der Waals surface area (Å²) in [4.78, 5) is 36.1. The second kappa shape index (κ2) is 15.6. The third-order valence-corrected chi connectivity index (χ3v) is 7.72. The molecule has 1 heterocycles. The number of aromatic hydroxyl groups is 1. The molecule has 1 atom stereocenters. The fourth-order valence-electron chi connectivity index (χ4n) is 5.23. The molecule has 0 bridgehead atoms. The Labute approximate surface area is 240 Å². The van der Waals surface area contributed by atoms with Crippen LogP contribution in [-0.2, 0) is 25.4 Å². The number of phenolic OH excluding ortho intramolecular Hbond substituents is 1. The van der Waals surface area contributed by atoms with Crippen LogP contribution in [0.2, 0.25) is 0 Å². The molecule has 2 aromatic rings. The van der Waals surface area contributed by atoms with Gasteiger partial charge in [-0.15, -0.1) is 0 Å². The van der Waals surface area contributed by atoms with E-state index in [9.17, 15) is 23.9 Å². The van der Waals surface area contributed by atoms with Gasteiger partial charge in [0.25, 0.3) is 0 Å². The van der Waals surface area contributed by atoms with Gasteiger partial charge in [-0.1, -0.05) is 25.0 Å². The van der Waals surface area contributed by atoms with Crippen LogP contribution in [0.3, 0.4) is 0 Å². The summed E-state index contributed by atoms with van der Waals surface area (Å²) in [6.45, 7) is 1.55. The Kier molecular flexibility index (Phi) is 11.7. The monoisotopic (exact) mass is 570 g/mol. The fraction of sp³-hybridized carbons (Fsp3) is 0.531. The smallest absolute Gasteiger partial charge is 0.338 e. The Hall–Kier alpha value is -3.30. The van der Waals surface area contributed by atoms with Gasteiger partial charge in [0.2, 0.25) is 0 Å². The van der Waals surface area contributed by atoms with E-state index in [1.54, 1.807) is 12.1 Å². The zero-order chi connectivity index (χ0) is 29.0. The van der Waals surface area contributed by atoms with Crippen LogP contribution in [0.5, 0.6) is 11.5 Å². The second-order valence-corrected chi connectivity index (χ2v) is 10.8. The molecular weight excluding hydrogens is 531 g/mol. The number of aldehydes is 1. The van der Waals surface area contributed by atoms with Crippen molar-refractivity contribution in [3.8, 4) is 11.5 Å². The van der Waals surface area contributed by atoms with Crippen LogP contribution in [0.4, 0.5) is 4.39 Å². The first-order valence-corrected chi connectivity index (χ1v) is 14.7. The average molecular weight is 571 g/mol. The Morgan fingerprint density at radius 3 is 2.41 bits per heavy atom. The van der Waals surface area contributed by atoms with Gasteiger partial charge in [0.15, 0.2) is 24.1 Å². The van der Waals surface area contributed by atoms with Crippen molar-refractivity contribution in [2.75, 3.05) is 13.2 Å². The number of rotatable bonds is 13. The first kappa shape index (κ1) is 30.7. The topological polar surface area (TPSA) is 108 Å². The van der Waals surface area contributed by atoms with E-state index in [4.69, 9.17) is 18.9 Å². The molecule has 0 amide bonds. The van der Waals surface area contributed by atoms with Gasteiger partial charge >= 0.3 is 11.9 Å². The highest BCUT2D eigenvalue weighted by atomic mass is 19.1. The molecule has 1 N–H and O–H groups in total. The third kappa shape index (κ3) is 9.10. The number of carbonyl (C=O) groups is 3. The van der Waals surface area contributed by atoms with Gasteiger partial charge < -0.3 is 24.1 Å². The molecule has 0 radical (unpaired) electrons. The van der Waals surface area contributed by atoms with Crippen molar-refractivity contribution >= 4 is 18.2 Å². The second-order valence-electron chi connectivity index (χ2n) is 10.8. The average Bonchev–Trinajstić information content (AvgIpc) is 2.99. The summed E-state index contributed by atoms with van der Waals surface area (Å²) < 4.78 is 36.5. The first-order valence-electron chi connectivity index (χ1n) is 14.7. The molecule has 222 valence electrons. The van der Waals surface area contributed by atoms with Crippen molar-refractivity contribution in [2.45, 2.75) is 89.4 Å². The largest absolute Gasteiger partial charge is 0.507 e. The van der Waals surface area contributed by atoms with Crippen LogP contribution in [0.15, 0.2) is 36.4 Å². The van der Waals surface area contributed by atoms with E-state index in [1.165, 1.54) is 12.0 Å². The van der Waals surface area contributed by atoms with Gasteiger partial charge in [0, 0.05) is 13.2 Å². The summed E-state index contributed by atoms with van der Waals surface area (Å²) in [7, 11) is 0. The number of hydrogen-bond acceptors (Lipinski definition) is 8. The molecule has 4 rings (SSSR count). The Morgan fingerprint density at radius 2 is 1.71 bits per heavy atom. The van der Waals surface area contributed by atoms with Gasteiger partial charge in [-0.2, -0.15) is 0 Å². The number of unbranched alkanes of at least 4 members (excludes halogenated alkanes) is 3. The highest BCUT2D eigenvalue weighted by molar-refractivity contribution is 5.89. The molecule has 2 fully saturated rings. The highest BCUT2D eigenvalue weighted by Gasteiger charge is 2.30. The molecule has 0 spiro atoms. The lowest BCUT2D eigenvalue weighted by molar-refractivity contribution is -0.162. The van der Waals surface area contributed by atoms with Gasteiger partial charge in [0.05, 0.1) is 17.0 Å². The molecule has 8 nitrogen and oxygen atoms in total. The Balaban J connectivity index is 1.11. The summed E-state index contributed by atoms with van der Waals surface area (Å²) >= 11 is 0. The zero-order valence-electron chi connectivity index (χ0n) is 23.4. The van der Waals surface area contributed by atoms with Gasteiger partial charge in [-0.3, -0.25) is 9.59 Å². The number of aryl methyl sites for hydroxylation is 1. The molecule has 0 aromatic heterocycles. The minimum absolute atomic E-state index is 0.0166. The normalized spacial score (nSPS) is 20.8. The van der Waals surface area contributed by atoms with Crippen molar-refractivity contribution in [3.63, 3.8) is 0 Å². The molecule has 1 saturated carbocycles. The maximum absolute atomic E-state index is 14.3. The molecular formula is C32H39FO8. The molecule has 2 aliphatic rings. The maximum Gasteiger partial charge on any atom is 0.338 e. The van der Waals surface area contributed by atoms with Gasteiger partial charge in [-0.25, -0.2) is 9.18 Å². The molecule has 2 aromatic carbocycles. The minimum atomic E-state index is -1.08. The maximum atomic E-state index is 14.3. The number of esters is 2. The summed E-state index contributed by atoms with van der Waals surface area (Å²) in [5.41, 5.74) is 1.12. The van der Waals surface area contributed by atoms with Crippen molar-refractivity contribution in [1.29, 1.82) is 0 Å². The Bertz CT molecular complexity index is 1150. The summed E-state index contributed by atoms with van der Waals surface area (Å²) in [5.74, 6) is -3.48.